The molecule has 0 aliphatic carbocycles. The number of amides is 1. The van der Waals surface area contributed by atoms with Crippen LogP contribution in [0.3, 0.4) is 0 Å². The summed E-state index contributed by atoms with van der Waals surface area (Å²) < 4.78 is 1.78. The number of para-hydroxylation sites is 1. The maximum Gasteiger partial charge on any atom is 0.274 e. The van der Waals surface area contributed by atoms with Gasteiger partial charge in [-0.15, -0.1) is 0 Å². The van der Waals surface area contributed by atoms with Crippen molar-refractivity contribution in [1.29, 1.82) is 0 Å². The maximum atomic E-state index is 12.6. The number of rotatable bonds is 4. The first-order valence-electron chi connectivity index (χ1n) is 7.42. The lowest BCUT2D eigenvalue weighted by molar-refractivity contribution is 0.0777. The standard InChI is InChI=1S/C18H18N4O/c1-14-12-17(20-22(14)16-9-4-3-5-10-16)18(23)21(2)13-15-8-6-7-11-19-15/h3-12H,13H2,1-2H3. The van der Waals surface area contributed by atoms with E-state index in [2.05, 4.69) is 10.1 Å². The van der Waals surface area contributed by atoms with Crippen LogP contribution in [0.1, 0.15) is 21.9 Å². The summed E-state index contributed by atoms with van der Waals surface area (Å²) in [5.41, 5.74) is 3.15. The molecule has 0 radical (unpaired) electrons. The first kappa shape index (κ1) is 15.0. The number of carbonyl (C=O) groups excluding carboxylic acids is 1. The molecule has 0 bridgehead atoms. The Morgan fingerprint density at radius 3 is 2.57 bits per heavy atom. The Bertz CT molecular complexity index is 796. The van der Waals surface area contributed by atoms with Crippen molar-refractivity contribution in [2.24, 2.45) is 0 Å². The highest BCUT2D eigenvalue weighted by Gasteiger charge is 2.17. The summed E-state index contributed by atoms with van der Waals surface area (Å²) in [6, 6.07) is 17.3. The molecule has 0 aliphatic rings. The summed E-state index contributed by atoms with van der Waals surface area (Å²) in [5, 5.41) is 4.45. The van der Waals surface area contributed by atoms with Gasteiger partial charge >= 0.3 is 0 Å². The summed E-state index contributed by atoms with van der Waals surface area (Å²) in [6.07, 6.45) is 1.72. The molecule has 0 N–H and O–H groups in total. The normalized spacial score (nSPS) is 10.5. The Hall–Kier alpha value is -2.95. The van der Waals surface area contributed by atoms with E-state index in [0.717, 1.165) is 17.1 Å². The summed E-state index contributed by atoms with van der Waals surface area (Å²) in [5.74, 6) is -0.117. The monoisotopic (exact) mass is 306 g/mol. The highest BCUT2D eigenvalue weighted by atomic mass is 16.2. The quantitative estimate of drug-likeness (QED) is 0.745. The van der Waals surface area contributed by atoms with E-state index in [1.54, 1.807) is 22.8 Å². The second kappa shape index (κ2) is 6.44. The van der Waals surface area contributed by atoms with Crippen LogP contribution in [0.2, 0.25) is 0 Å². The van der Waals surface area contributed by atoms with Crippen molar-refractivity contribution in [3.8, 4) is 5.69 Å². The van der Waals surface area contributed by atoms with E-state index in [-0.39, 0.29) is 5.91 Å². The molecule has 23 heavy (non-hydrogen) atoms. The molecule has 3 aromatic rings. The highest BCUT2D eigenvalue weighted by Crippen LogP contribution is 2.13. The number of carbonyl (C=O) groups is 1. The highest BCUT2D eigenvalue weighted by molar-refractivity contribution is 5.92. The average molecular weight is 306 g/mol. The van der Waals surface area contributed by atoms with Gasteiger partial charge in [0.1, 0.15) is 0 Å². The number of aromatic nitrogens is 3. The van der Waals surface area contributed by atoms with Gasteiger partial charge in [-0.2, -0.15) is 5.10 Å². The Kier molecular flexibility index (Phi) is 4.19. The van der Waals surface area contributed by atoms with Gasteiger partial charge in [0.15, 0.2) is 5.69 Å². The zero-order chi connectivity index (χ0) is 16.2. The first-order valence-corrected chi connectivity index (χ1v) is 7.42. The Morgan fingerprint density at radius 2 is 1.87 bits per heavy atom. The van der Waals surface area contributed by atoms with Crippen molar-refractivity contribution in [2.45, 2.75) is 13.5 Å². The van der Waals surface area contributed by atoms with E-state index in [1.165, 1.54) is 0 Å². The van der Waals surface area contributed by atoms with Crippen molar-refractivity contribution in [3.05, 3.63) is 77.9 Å². The molecule has 0 fully saturated rings. The predicted octanol–water partition coefficient (Wildman–Crippen LogP) is 2.85. The van der Waals surface area contributed by atoms with E-state index in [4.69, 9.17) is 0 Å². The third-order valence-electron chi connectivity index (χ3n) is 3.58. The van der Waals surface area contributed by atoms with Crippen LogP contribution in [0, 0.1) is 6.92 Å². The van der Waals surface area contributed by atoms with Crippen LogP contribution in [0.25, 0.3) is 5.69 Å². The molecule has 2 aromatic heterocycles. The fourth-order valence-electron chi connectivity index (χ4n) is 2.41. The van der Waals surface area contributed by atoms with Gasteiger partial charge in [0.25, 0.3) is 5.91 Å². The molecule has 0 saturated heterocycles. The summed E-state index contributed by atoms with van der Waals surface area (Å²) >= 11 is 0. The number of hydrogen-bond acceptors (Lipinski definition) is 3. The molecule has 1 aromatic carbocycles. The second-order valence-corrected chi connectivity index (χ2v) is 5.40. The Labute approximate surface area is 135 Å². The number of pyridine rings is 1. The summed E-state index contributed by atoms with van der Waals surface area (Å²) in [6.45, 7) is 2.40. The van der Waals surface area contributed by atoms with Crippen molar-refractivity contribution in [1.82, 2.24) is 19.7 Å². The summed E-state index contributed by atoms with van der Waals surface area (Å²) in [7, 11) is 1.76. The fraction of sp³-hybridized carbons (Fsp3) is 0.167. The molecule has 0 atom stereocenters. The molecular weight excluding hydrogens is 288 g/mol. The lowest BCUT2D eigenvalue weighted by Gasteiger charge is -2.15. The van der Waals surface area contributed by atoms with Crippen LogP contribution in [0.15, 0.2) is 60.8 Å². The minimum Gasteiger partial charge on any atom is -0.334 e. The minimum absolute atomic E-state index is 0.117. The van der Waals surface area contributed by atoms with Gasteiger partial charge in [0.2, 0.25) is 0 Å². The van der Waals surface area contributed by atoms with Crippen LogP contribution in [0.5, 0.6) is 0 Å². The van der Waals surface area contributed by atoms with Gasteiger partial charge in [-0.1, -0.05) is 24.3 Å². The zero-order valence-electron chi connectivity index (χ0n) is 13.2. The fourth-order valence-corrected chi connectivity index (χ4v) is 2.41. The molecule has 0 unspecified atom stereocenters. The third kappa shape index (κ3) is 3.29. The largest absolute Gasteiger partial charge is 0.334 e. The molecule has 5 heteroatoms. The van der Waals surface area contributed by atoms with E-state index < -0.39 is 0 Å². The lowest BCUT2D eigenvalue weighted by atomic mass is 10.3. The molecule has 2 heterocycles. The van der Waals surface area contributed by atoms with Crippen LogP contribution in [-0.2, 0) is 6.54 Å². The molecule has 0 spiro atoms. The molecule has 3 rings (SSSR count). The zero-order valence-corrected chi connectivity index (χ0v) is 13.2. The molecule has 1 amide bonds. The van der Waals surface area contributed by atoms with Crippen molar-refractivity contribution < 1.29 is 4.79 Å². The van der Waals surface area contributed by atoms with E-state index >= 15 is 0 Å². The average Bonchev–Trinajstić information content (AvgIpc) is 2.97. The predicted molar refractivity (Wildman–Crippen MR) is 88.3 cm³/mol. The van der Waals surface area contributed by atoms with Crippen LogP contribution in [-0.4, -0.2) is 32.6 Å². The van der Waals surface area contributed by atoms with Gasteiger partial charge in [-0.3, -0.25) is 9.78 Å². The third-order valence-corrected chi connectivity index (χ3v) is 3.58. The smallest absolute Gasteiger partial charge is 0.274 e. The number of hydrogen-bond donors (Lipinski definition) is 0. The lowest BCUT2D eigenvalue weighted by Crippen LogP contribution is -2.27. The summed E-state index contributed by atoms with van der Waals surface area (Å²) in [4.78, 5) is 18.4. The second-order valence-electron chi connectivity index (χ2n) is 5.40. The molecular formula is C18H18N4O. The van der Waals surface area contributed by atoms with E-state index in [9.17, 15) is 4.79 Å². The van der Waals surface area contributed by atoms with Crippen molar-refractivity contribution in [3.63, 3.8) is 0 Å². The number of nitrogens with zero attached hydrogens (tertiary/aromatic N) is 4. The van der Waals surface area contributed by atoms with Crippen LogP contribution in [0.4, 0.5) is 0 Å². The minimum atomic E-state index is -0.117. The molecule has 0 saturated carbocycles. The Morgan fingerprint density at radius 1 is 1.13 bits per heavy atom. The van der Waals surface area contributed by atoms with Crippen molar-refractivity contribution >= 4 is 5.91 Å². The van der Waals surface area contributed by atoms with Gasteiger partial charge in [0, 0.05) is 18.9 Å². The van der Waals surface area contributed by atoms with Crippen molar-refractivity contribution in [2.75, 3.05) is 7.05 Å². The SMILES string of the molecule is Cc1cc(C(=O)N(C)Cc2ccccn2)nn1-c1ccccc1. The number of benzene rings is 1. The Balaban J connectivity index is 1.80. The van der Waals surface area contributed by atoms with E-state index in [1.807, 2.05) is 61.5 Å². The molecule has 5 nitrogen and oxygen atoms in total. The van der Waals surface area contributed by atoms with Crippen LogP contribution >= 0.6 is 0 Å². The van der Waals surface area contributed by atoms with Gasteiger partial charge < -0.3 is 4.90 Å². The van der Waals surface area contributed by atoms with Gasteiger partial charge in [-0.05, 0) is 37.3 Å². The topological polar surface area (TPSA) is 51.0 Å². The maximum absolute atomic E-state index is 12.6. The molecule has 116 valence electrons. The molecule has 0 aliphatic heterocycles. The first-order chi connectivity index (χ1) is 11.1. The van der Waals surface area contributed by atoms with Gasteiger partial charge in [0.05, 0.1) is 17.9 Å². The van der Waals surface area contributed by atoms with E-state index in [0.29, 0.717) is 12.2 Å². The van der Waals surface area contributed by atoms with Crippen LogP contribution < -0.4 is 0 Å². The number of aryl methyl sites for hydroxylation is 1. The van der Waals surface area contributed by atoms with Gasteiger partial charge in [-0.25, -0.2) is 4.68 Å².